The smallest absolute Gasteiger partial charge is 0.325 e. The van der Waals surface area contributed by atoms with Gasteiger partial charge in [0, 0.05) is 11.4 Å². The minimum absolute atomic E-state index is 0.262. The maximum atomic E-state index is 13.2. The maximum Gasteiger partial charge on any atom is 0.325 e. The van der Waals surface area contributed by atoms with Crippen LogP contribution in [0, 0.1) is 0 Å². The van der Waals surface area contributed by atoms with Crippen molar-refractivity contribution in [3.63, 3.8) is 0 Å². The first-order valence-corrected chi connectivity index (χ1v) is 10.4. The van der Waals surface area contributed by atoms with Crippen molar-refractivity contribution < 1.29 is 14.4 Å². The average molecular weight is 418 g/mol. The summed E-state index contributed by atoms with van der Waals surface area (Å²) in [5, 5.41) is 2.85. The molecule has 1 fully saturated rings. The molecule has 2 aliphatic rings. The van der Waals surface area contributed by atoms with Crippen molar-refractivity contribution in [2.45, 2.75) is 31.8 Å². The van der Waals surface area contributed by atoms with Gasteiger partial charge in [0.05, 0.1) is 10.9 Å². The van der Waals surface area contributed by atoms with E-state index in [-0.39, 0.29) is 18.4 Å². The van der Waals surface area contributed by atoms with E-state index in [0.717, 1.165) is 27.3 Å². The van der Waals surface area contributed by atoms with Gasteiger partial charge in [0.1, 0.15) is 12.1 Å². The monoisotopic (exact) mass is 417 g/mol. The minimum atomic E-state index is -1.04. The minimum Gasteiger partial charge on any atom is -0.336 e. The number of carbonyl (C=O) groups is 3. The lowest BCUT2D eigenvalue weighted by atomic mass is 9.92. The summed E-state index contributed by atoms with van der Waals surface area (Å²) in [7, 11) is 0. The Morgan fingerprint density at radius 1 is 1.29 bits per heavy atom. The molecule has 1 aliphatic heterocycles. The molecular formula is C20H20ClN3O3S. The van der Waals surface area contributed by atoms with Crippen LogP contribution in [0.2, 0.25) is 4.34 Å². The highest BCUT2D eigenvalue weighted by Gasteiger charge is 2.55. The lowest BCUT2D eigenvalue weighted by Crippen LogP contribution is -2.44. The van der Waals surface area contributed by atoms with Crippen LogP contribution in [0.1, 0.15) is 29.3 Å². The van der Waals surface area contributed by atoms with Gasteiger partial charge in [-0.15, -0.1) is 11.3 Å². The third kappa shape index (κ3) is 3.08. The highest BCUT2D eigenvalue weighted by molar-refractivity contribution is 7.16. The van der Waals surface area contributed by atoms with Crippen LogP contribution in [-0.4, -0.2) is 40.7 Å². The number of urea groups is 1. The van der Waals surface area contributed by atoms with Gasteiger partial charge in [-0.2, -0.15) is 0 Å². The fourth-order valence-corrected chi connectivity index (χ4v) is 5.07. The number of halogens is 1. The normalized spacial score (nSPS) is 20.6. The lowest BCUT2D eigenvalue weighted by molar-refractivity contribution is -0.139. The quantitative estimate of drug-likeness (QED) is 0.760. The van der Waals surface area contributed by atoms with E-state index >= 15 is 0 Å². The number of amides is 4. The Morgan fingerprint density at radius 3 is 2.79 bits per heavy atom. The number of rotatable bonds is 5. The first kappa shape index (κ1) is 19.0. The molecule has 1 aromatic heterocycles. The van der Waals surface area contributed by atoms with Gasteiger partial charge in [0.15, 0.2) is 0 Å². The van der Waals surface area contributed by atoms with Crippen molar-refractivity contribution in [1.29, 1.82) is 0 Å². The molecule has 6 nitrogen and oxygen atoms in total. The molecule has 0 bridgehead atoms. The summed E-state index contributed by atoms with van der Waals surface area (Å²) in [6, 6.07) is 10.8. The van der Waals surface area contributed by atoms with E-state index in [1.165, 1.54) is 11.3 Å². The predicted molar refractivity (Wildman–Crippen MR) is 107 cm³/mol. The van der Waals surface area contributed by atoms with E-state index in [1.807, 2.05) is 37.3 Å². The molecule has 2 aromatic rings. The van der Waals surface area contributed by atoms with Crippen LogP contribution < -0.4 is 5.32 Å². The SMILES string of the molecule is CCN(Cc1ccc(Cl)s1)C(=O)CN1C(=O)N[C@]2(CCc3ccccc32)C1=O. The number of hydrogen-bond acceptors (Lipinski definition) is 4. The fraction of sp³-hybridized carbons (Fsp3) is 0.350. The third-order valence-electron chi connectivity index (χ3n) is 5.43. The first-order chi connectivity index (χ1) is 13.4. The van der Waals surface area contributed by atoms with Gasteiger partial charge in [-0.1, -0.05) is 35.9 Å². The second kappa shape index (κ2) is 7.22. The molecule has 0 radical (unpaired) electrons. The van der Waals surface area contributed by atoms with E-state index in [1.54, 1.807) is 11.0 Å². The summed E-state index contributed by atoms with van der Waals surface area (Å²) >= 11 is 7.37. The molecule has 1 aromatic carbocycles. The van der Waals surface area contributed by atoms with Crippen molar-refractivity contribution in [3.05, 3.63) is 56.7 Å². The van der Waals surface area contributed by atoms with Gasteiger partial charge < -0.3 is 10.2 Å². The number of hydrogen-bond donors (Lipinski definition) is 1. The summed E-state index contributed by atoms with van der Waals surface area (Å²) in [4.78, 5) is 42.2. The number of imide groups is 1. The topological polar surface area (TPSA) is 69.7 Å². The van der Waals surface area contributed by atoms with Crippen LogP contribution >= 0.6 is 22.9 Å². The standard InChI is InChI=1S/C20H20ClN3O3S/c1-2-23(11-14-7-8-16(21)28-14)17(25)12-24-18(26)20(22-19(24)27)10-9-13-5-3-4-6-15(13)20/h3-8H,2,9-12H2,1H3,(H,22,27)/t20-/m0/s1. The summed E-state index contributed by atoms with van der Waals surface area (Å²) in [6.45, 7) is 2.49. The zero-order valence-electron chi connectivity index (χ0n) is 15.4. The molecule has 1 atom stereocenters. The van der Waals surface area contributed by atoms with E-state index in [0.29, 0.717) is 23.8 Å². The zero-order valence-corrected chi connectivity index (χ0v) is 17.0. The van der Waals surface area contributed by atoms with Gasteiger partial charge in [0.25, 0.3) is 5.91 Å². The van der Waals surface area contributed by atoms with Crippen LogP contribution in [-0.2, 0) is 28.1 Å². The second-order valence-electron chi connectivity index (χ2n) is 7.00. The van der Waals surface area contributed by atoms with Crippen molar-refractivity contribution in [1.82, 2.24) is 15.1 Å². The number of nitrogens with zero attached hydrogens (tertiary/aromatic N) is 2. The van der Waals surface area contributed by atoms with Gasteiger partial charge in [0.2, 0.25) is 5.91 Å². The Morgan fingerprint density at radius 2 is 2.07 bits per heavy atom. The molecule has 4 amide bonds. The van der Waals surface area contributed by atoms with Gasteiger partial charge in [-0.25, -0.2) is 4.79 Å². The number of likely N-dealkylation sites (N-methyl/N-ethyl adjacent to an activating group) is 1. The molecule has 2 heterocycles. The number of fused-ring (bicyclic) bond motifs is 2. The molecule has 4 rings (SSSR count). The van der Waals surface area contributed by atoms with Crippen LogP contribution in [0.15, 0.2) is 36.4 Å². The van der Waals surface area contributed by atoms with Gasteiger partial charge in [-0.05, 0) is 43.0 Å². The number of nitrogens with one attached hydrogen (secondary N) is 1. The highest BCUT2D eigenvalue weighted by Crippen LogP contribution is 2.41. The molecule has 8 heteroatoms. The summed E-state index contributed by atoms with van der Waals surface area (Å²) in [5.74, 6) is -0.607. The molecular weight excluding hydrogens is 398 g/mol. The third-order valence-corrected chi connectivity index (χ3v) is 6.64. The number of aryl methyl sites for hydroxylation is 1. The average Bonchev–Trinajstić information content (AvgIpc) is 3.33. The Hall–Kier alpha value is -2.38. The highest BCUT2D eigenvalue weighted by atomic mass is 35.5. The van der Waals surface area contributed by atoms with Crippen molar-refractivity contribution in [3.8, 4) is 0 Å². The van der Waals surface area contributed by atoms with E-state index < -0.39 is 11.6 Å². The number of benzene rings is 1. The van der Waals surface area contributed by atoms with Crippen molar-refractivity contribution >= 4 is 40.8 Å². The van der Waals surface area contributed by atoms with E-state index in [4.69, 9.17) is 11.6 Å². The largest absolute Gasteiger partial charge is 0.336 e. The molecule has 146 valence electrons. The Labute approximate surface area is 172 Å². The molecule has 1 spiro atoms. The molecule has 1 aliphatic carbocycles. The molecule has 0 saturated carbocycles. The lowest BCUT2D eigenvalue weighted by Gasteiger charge is -2.24. The van der Waals surface area contributed by atoms with E-state index in [2.05, 4.69) is 5.32 Å². The predicted octanol–water partition coefficient (Wildman–Crippen LogP) is 3.14. The summed E-state index contributed by atoms with van der Waals surface area (Å²) in [5.41, 5.74) is 0.865. The molecule has 28 heavy (non-hydrogen) atoms. The fourth-order valence-electron chi connectivity index (χ4n) is 3.97. The van der Waals surface area contributed by atoms with Crippen LogP contribution in [0.5, 0.6) is 0 Å². The van der Waals surface area contributed by atoms with Crippen LogP contribution in [0.4, 0.5) is 4.79 Å². The molecule has 1 N–H and O–H groups in total. The van der Waals surface area contributed by atoms with Crippen LogP contribution in [0.25, 0.3) is 0 Å². The molecule has 1 saturated heterocycles. The van der Waals surface area contributed by atoms with Crippen molar-refractivity contribution in [2.75, 3.05) is 13.1 Å². The Kier molecular flexibility index (Phi) is 4.89. The summed E-state index contributed by atoms with van der Waals surface area (Å²) in [6.07, 6.45) is 1.25. The van der Waals surface area contributed by atoms with Gasteiger partial charge >= 0.3 is 6.03 Å². The second-order valence-corrected chi connectivity index (χ2v) is 8.80. The summed E-state index contributed by atoms with van der Waals surface area (Å²) < 4.78 is 0.662. The Bertz CT molecular complexity index is 960. The first-order valence-electron chi connectivity index (χ1n) is 9.19. The van der Waals surface area contributed by atoms with E-state index in [9.17, 15) is 14.4 Å². The zero-order chi connectivity index (χ0) is 19.9. The maximum absolute atomic E-state index is 13.2. The van der Waals surface area contributed by atoms with Crippen molar-refractivity contribution in [2.24, 2.45) is 0 Å². The number of thiophene rings is 1. The van der Waals surface area contributed by atoms with Gasteiger partial charge in [-0.3, -0.25) is 14.5 Å². The molecule has 0 unspecified atom stereocenters. The Balaban J connectivity index is 1.51. The van der Waals surface area contributed by atoms with Crippen LogP contribution in [0.3, 0.4) is 0 Å². The number of carbonyl (C=O) groups excluding carboxylic acids is 3.